The van der Waals surface area contributed by atoms with Gasteiger partial charge in [-0.05, 0) is 46.2 Å². The Morgan fingerprint density at radius 1 is 0.964 bits per heavy atom. The Labute approximate surface area is 171 Å². The lowest BCUT2D eigenvalue weighted by Crippen LogP contribution is -2.55. The molecule has 0 saturated carbocycles. The van der Waals surface area contributed by atoms with Crippen LogP contribution in [0.3, 0.4) is 0 Å². The van der Waals surface area contributed by atoms with Crippen LogP contribution in [-0.4, -0.2) is 51.4 Å². The maximum Gasteiger partial charge on any atom is 0.113 e. The van der Waals surface area contributed by atoms with Gasteiger partial charge < -0.3 is 25.2 Å². The minimum absolute atomic E-state index is 0.429. The van der Waals surface area contributed by atoms with E-state index >= 15 is 0 Å². The number of hydrogen-bond donors (Lipinski definition) is 4. The lowest BCUT2D eigenvalue weighted by atomic mass is 9.91. The molecule has 4 rings (SSSR count). The van der Waals surface area contributed by atoms with Crippen LogP contribution >= 0.6 is 23.1 Å². The van der Waals surface area contributed by atoms with E-state index in [4.69, 9.17) is 4.74 Å². The van der Waals surface area contributed by atoms with Gasteiger partial charge in [0, 0.05) is 15.3 Å². The summed E-state index contributed by atoms with van der Waals surface area (Å²) in [6, 6.07) is 16.0. The van der Waals surface area contributed by atoms with Crippen molar-refractivity contribution in [3.63, 3.8) is 0 Å². The van der Waals surface area contributed by atoms with Gasteiger partial charge in [0.2, 0.25) is 0 Å². The van der Waals surface area contributed by atoms with Gasteiger partial charge in [0.1, 0.15) is 30.5 Å². The van der Waals surface area contributed by atoms with E-state index in [9.17, 15) is 20.4 Å². The molecule has 7 heteroatoms. The van der Waals surface area contributed by atoms with E-state index in [1.807, 2.05) is 36.4 Å². The van der Waals surface area contributed by atoms with Crippen molar-refractivity contribution in [3.8, 4) is 0 Å². The highest BCUT2D eigenvalue weighted by molar-refractivity contribution is 7.98. The molecule has 3 aromatic rings. The highest BCUT2D eigenvalue weighted by atomic mass is 32.2. The first-order valence-electron chi connectivity index (χ1n) is 9.07. The highest BCUT2D eigenvalue weighted by Gasteiger charge is 2.43. The molecule has 2 aromatic carbocycles. The standard InChI is InChI=1S/C21H22O5S2/c22-9-16-18(23)19(24)20(25)21(26-16)12-6-7-17-15(8-12)13(11-28-17)10-27-14-4-2-1-3-5-14/h1-8,11,16,18-25H,9-10H2/t16-,18-,19+,20-,21+/m1/s1. The van der Waals surface area contributed by atoms with Gasteiger partial charge in [-0.25, -0.2) is 0 Å². The molecule has 1 aliphatic rings. The Bertz CT molecular complexity index is 927. The third-order valence-corrected chi connectivity index (χ3v) is 7.11. The maximum atomic E-state index is 10.4. The normalized spacial score (nSPS) is 27.9. The molecule has 0 aliphatic carbocycles. The first-order chi connectivity index (χ1) is 13.6. The van der Waals surface area contributed by atoms with Crippen molar-refractivity contribution in [2.24, 2.45) is 0 Å². The summed E-state index contributed by atoms with van der Waals surface area (Å²) in [7, 11) is 0. The van der Waals surface area contributed by atoms with E-state index in [0.717, 1.165) is 15.8 Å². The Morgan fingerprint density at radius 2 is 1.75 bits per heavy atom. The van der Waals surface area contributed by atoms with E-state index in [1.165, 1.54) is 10.5 Å². The Hall–Kier alpha value is -1.45. The number of thioether (sulfide) groups is 1. The third-order valence-electron chi connectivity index (χ3n) is 5.04. The van der Waals surface area contributed by atoms with Crippen LogP contribution in [0.5, 0.6) is 0 Å². The largest absolute Gasteiger partial charge is 0.394 e. The molecule has 4 N–H and O–H groups in total. The van der Waals surface area contributed by atoms with E-state index in [2.05, 4.69) is 17.5 Å². The summed E-state index contributed by atoms with van der Waals surface area (Å²) in [5.74, 6) is 0.822. The van der Waals surface area contributed by atoms with Crippen LogP contribution in [0.1, 0.15) is 17.2 Å². The van der Waals surface area contributed by atoms with E-state index in [1.54, 1.807) is 23.1 Å². The van der Waals surface area contributed by atoms with Crippen molar-refractivity contribution in [3.05, 3.63) is 65.0 Å². The molecule has 0 unspecified atom stereocenters. The average Bonchev–Trinajstić information content (AvgIpc) is 3.14. The van der Waals surface area contributed by atoms with Gasteiger partial charge in [-0.1, -0.05) is 24.3 Å². The Balaban J connectivity index is 1.60. The first kappa shape index (κ1) is 19.8. The second-order valence-corrected chi connectivity index (χ2v) is 8.83. The monoisotopic (exact) mass is 418 g/mol. The van der Waals surface area contributed by atoms with Gasteiger partial charge >= 0.3 is 0 Å². The molecule has 0 radical (unpaired) electrons. The number of fused-ring (bicyclic) bond motifs is 1. The number of rotatable bonds is 5. The molecule has 28 heavy (non-hydrogen) atoms. The van der Waals surface area contributed by atoms with Gasteiger partial charge in [0.25, 0.3) is 0 Å². The van der Waals surface area contributed by atoms with Crippen molar-refractivity contribution in [2.75, 3.05) is 6.61 Å². The zero-order valence-electron chi connectivity index (χ0n) is 15.0. The molecular formula is C21H22O5S2. The minimum atomic E-state index is -1.37. The smallest absolute Gasteiger partial charge is 0.113 e. The molecule has 1 aromatic heterocycles. The second kappa shape index (κ2) is 8.51. The predicted molar refractivity (Wildman–Crippen MR) is 111 cm³/mol. The van der Waals surface area contributed by atoms with Gasteiger partial charge in [0.05, 0.1) is 6.61 Å². The van der Waals surface area contributed by atoms with Crippen LogP contribution in [0.2, 0.25) is 0 Å². The van der Waals surface area contributed by atoms with Crippen molar-refractivity contribution in [1.29, 1.82) is 0 Å². The molecule has 0 spiro atoms. The molecule has 2 heterocycles. The number of aliphatic hydroxyl groups is 4. The molecular weight excluding hydrogens is 396 g/mol. The number of hydrogen-bond acceptors (Lipinski definition) is 7. The third kappa shape index (κ3) is 3.84. The van der Waals surface area contributed by atoms with Gasteiger partial charge in [-0.3, -0.25) is 0 Å². The molecule has 0 amide bonds. The fraction of sp³-hybridized carbons (Fsp3) is 0.333. The van der Waals surface area contributed by atoms with E-state index in [-0.39, 0.29) is 0 Å². The van der Waals surface area contributed by atoms with Gasteiger partial charge in [-0.15, -0.1) is 23.1 Å². The topological polar surface area (TPSA) is 90.2 Å². The summed E-state index contributed by atoms with van der Waals surface area (Å²) in [6.07, 6.45) is -5.71. The lowest BCUT2D eigenvalue weighted by molar-refractivity contribution is -0.231. The zero-order valence-corrected chi connectivity index (χ0v) is 16.6. The second-order valence-electron chi connectivity index (χ2n) is 6.87. The molecule has 0 bridgehead atoms. The fourth-order valence-corrected chi connectivity index (χ4v) is 5.40. The first-order valence-corrected chi connectivity index (χ1v) is 10.9. The fourth-order valence-electron chi connectivity index (χ4n) is 3.44. The van der Waals surface area contributed by atoms with Crippen molar-refractivity contribution in [2.45, 2.75) is 41.2 Å². The molecule has 1 aliphatic heterocycles. The van der Waals surface area contributed by atoms with Crippen LogP contribution in [0.25, 0.3) is 10.1 Å². The SMILES string of the molecule is OC[C@H]1O[C@@H](c2ccc3scc(CSc4ccccc4)c3c2)[C@H](O)[C@@H](O)[C@@H]1O. The van der Waals surface area contributed by atoms with Crippen molar-refractivity contribution < 1.29 is 25.2 Å². The summed E-state index contributed by atoms with van der Waals surface area (Å²) < 4.78 is 6.84. The molecule has 5 atom stereocenters. The molecule has 1 fully saturated rings. The summed E-state index contributed by atoms with van der Waals surface area (Å²) in [5.41, 5.74) is 1.91. The molecule has 1 saturated heterocycles. The average molecular weight is 419 g/mol. The summed E-state index contributed by atoms with van der Waals surface area (Å²) in [4.78, 5) is 1.20. The number of thiophene rings is 1. The number of aliphatic hydroxyl groups excluding tert-OH is 4. The summed E-state index contributed by atoms with van der Waals surface area (Å²) >= 11 is 3.42. The van der Waals surface area contributed by atoms with Gasteiger partial charge in [0.15, 0.2) is 0 Å². The van der Waals surface area contributed by atoms with Crippen molar-refractivity contribution in [1.82, 2.24) is 0 Å². The Morgan fingerprint density at radius 3 is 2.50 bits per heavy atom. The predicted octanol–water partition coefficient (Wildman–Crippen LogP) is 2.71. The number of benzene rings is 2. The van der Waals surface area contributed by atoms with E-state index in [0.29, 0.717) is 5.56 Å². The van der Waals surface area contributed by atoms with Gasteiger partial charge in [-0.2, -0.15) is 0 Å². The van der Waals surface area contributed by atoms with Crippen molar-refractivity contribution >= 4 is 33.2 Å². The van der Waals surface area contributed by atoms with Crippen LogP contribution in [0.15, 0.2) is 58.8 Å². The zero-order chi connectivity index (χ0) is 19.7. The number of ether oxygens (including phenoxy) is 1. The summed E-state index contributed by atoms with van der Waals surface area (Å²) in [5, 5.41) is 43.1. The van der Waals surface area contributed by atoms with Crippen LogP contribution < -0.4 is 0 Å². The Kier molecular flexibility index (Phi) is 6.03. The van der Waals surface area contributed by atoms with E-state index < -0.39 is 37.1 Å². The maximum absolute atomic E-state index is 10.4. The lowest BCUT2D eigenvalue weighted by Gasteiger charge is -2.40. The highest BCUT2D eigenvalue weighted by Crippen LogP contribution is 2.37. The van der Waals surface area contributed by atoms with Crippen LogP contribution in [-0.2, 0) is 10.5 Å². The summed E-state index contributed by atoms with van der Waals surface area (Å²) in [6.45, 7) is -0.429. The molecule has 5 nitrogen and oxygen atoms in total. The molecule has 148 valence electrons. The van der Waals surface area contributed by atoms with Crippen LogP contribution in [0.4, 0.5) is 0 Å². The quantitative estimate of drug-likeness (QED) is 0.477. The minimum Gasteiger partial charge on any atom is -0.394 e. The van der Waals surface area contributed by atoms with Crippen LogP contribution in [0, 0.1) is 0 Å².